The Morgan fingerprint density at radius 2 is 1.59 bits per heavy atom. The minimum Gasteiger partial charge on any atom is -0.352 e. The maximum atomic E-state index is 13.2. The molecule has 0 saturated carbocycles. The van der Waals surface area contributed by atoms with E-state index in [0.717, 1.165) is 21.9 Å². The van der Waals surface area contributed by atoms with Gasteiger partial charge < -0.3 is 10.2 Å². The van der Waals surface area contributed by atoms with Crippen LogP contribution in [0.5, 0.6) is 0 Å². The number of rotatable bonds is 10. The molecule has 0 radical (unpaired) electrons. The number of benzene rings is 2. The van der Waals surface area contributed by atoms with E-state index in [9.17, 15) is 18.0 Å². The molecule has 0 bridgehead atoms. The molecule has 8 heteroatoms. The standard InChI is InChI=1S/C24H33N3O4S/c1-6-19(3)25-24(29)20(4)27(16-21-10-8-7-9-11-21)23(28)17-26(5)32(30,31)22-14-12-18(2)13-15-22/h7-15,19-20H,6,16-17H2,1-5H3,(H,25,29)/t19-,20-/m1/s1. The normalized spacial score (nSPS) is 13.4. The van der Waals surface area contributed by atoms with Gasteiger partial charge >= 0.3 is 0 Å². The van der Waals surface area contributed by atoms with Crippen molar-refractivity contribution < 1.29 is 18.0 Å². The van der Waals surface area contributed by atoms with Crippen molar-refractivity contribution >= 4 is 21.8 Å². The van der Waals surface area contributed by atoms with Crippen LogP contribution in [0.4, 0.5) is 0 Å². The SMILES string of the molecule is CC[C@@H](C)NC(=O)[C@@H](C)N(Cc1ccccc1)C(=O)CN(C)S(=O)(=O)c1ccc(C)cc1. The van der Waals surface area contributed by atoms with Crippen molar-refractivity contribution in [3.8, 4) is 0 Å². The average Bonchev–Trinajstić information content (AvgIpc) is 2.77. The number of carbonyl (C=O) groups excluding carboxylic acids is 2. The van der Waals surface area contributed by atoms with Crippen molar-refractivity contribution in [1.29, 1.82) is 0 Å². The Bertz CT molecular complexity index is 1010. The topological polar surface area (TPSA) is 86.8 Å². The molecule has 1 N–H and O–H groups in total. The number of carbonyl (C=O) groups is 2. The first kappa shape index (κ1) is 25.5. The van der Waals surface area contributed by atoms with Crippen LogP contribution in [-0.4, -0.2) is 55.1 Å². The summed E-state index contributed by atoms with van der Waals surface area (Å²) in [4.78, 5) is 27.5. The van der Waals surface area contributed by atoms with E-state index in [0.29, 0.717) is 0 Å². The van der Waals surface area contributed by atoms with E-state index < -0.39 is 22.0 Å². The number of sulfonamides is 1. The highest BCUT2D eigenvalue weighted by Gasteiger charge is 2.30. The minimum absolute atomic E-state index is 0.0248. The molecule has 2 aromatic carbocycles. The first-order chi connectivity index (χ1) is 15.1. The minimum atomic E-state index is -3.84. The van der Waals surface area contributed by atoms with E-state index >= 15 is 0 Å². The summed E-state index contributed by atoms with van der Waals surface area (Å²) in [7, 11) is -2.47. The largest absolute Gasteiger partial charge is 0.352 e. The summed E-state index contributed by atoms with van der Waals surface area (Å²) < 4.78 is 26.9. The van der Waals surface area contributed by atoms with Crippen molar-refractivity contribution in [2.45, 2.75) is 57.6 Å². The van der Waals surface area contributed by atoms with Gasteiger partial charge in [-0.3, -0.25) is 9.59 Å². The zero-order chi connectivity index (χ0) is 23.9. The Hall–Kier alpha value is -2.71. The molecule has 2 aromatic rings. The number of hydrogen-bond acceptors (Lipinski definition) is 4. The van der Waals surface area contributed by atoms with Gasteiger partial charge in [0.1, 0.15) is 6.04 Å². The highest BCUT2D eigenvalue weighted by atomic mass is 32.2. The van der Waals surface area contributed by atoms with Crippen LogP contribution in [0.2, 0.25) is 0 Å². The fraction of sp³-hybridized carbons (Fsp3) is 0.417. The molecule has 0 aliphatic heterocycles. The van der Waals surface area contributed by atoms with Gasteiger partial charge in [-0.15, -0.1) is 0 Å². The van der Waals surface area contributed by atoms with E-state index in [1.54, 1.807) is 19.1 Å². The Labute approximate surface area is 191 Å². The summed E-state index contributed by atoms with van der Waals surface area (Å²) in [6.45, 7) is 7.23. The van der Waals surface area contributed by atoms with E-state index in [4.69, 9.17) is 0 Å². The summed E-state index contributed by atoms with van der Waals surface area (Å²) in [5.41, 5.74) is 1.80. The van der Waals surface area contributed by atoms with Gasteiger partial charge in [0.2, 0.25) is 21.8 Å². The van der Waals surface area contributed by atoms with Gasteiger partial charge in [-0.25, -0.2) is 8.42 Å². The van der Waals surface area contributed by atoms with E-state index in [1.165, 1.54) is 24.1 Å². The number of likely N-dealkylation sites (N-methyl/N-ethyl adjacent to an activating group) is 1. The second-order valence-corrected chi connectivity index (χ2v) is 10.1. The van der Waals surface area contributed by atoms with E-state index in [2.05, 4.69) is 5.32 Å². The van der Waals surface area contributed by atoms with E-state index in [1.807, 2.05) is 51.1 Å². The Balaban J connectivity index is 2.24. The number of nitrogens with zero attached hydrogens (tertiary/aromatic N) is 2. The fourth-order valence-corrected chi connectivity index (χ4v) is 4.21. The summed E-state index contributed by atoms with van der Waals surface area (Å²) in [6, 6.07) is 15.0. The monoisotopic (exact) mass is 459 g/mol. The van der Waals surface area contributed by atoms with Gasteiger partial charge in [-0.1, -0.05) is 55.0 Å². The van der Waals surface area contributed by atoms with Crippen LogP contribution in [0.1, 0.15) is 38.3 Å². The number of aryl methyl sites for hydroxylation is 1. The van der Waals surface area contributed by atoms with Crippen LogP contribution in [0, 0.1) is 6.92 Å². The Morgan fingerprint density at radius 3 is 2.16 bits per heavy atom. The van der Waals surface area contributed by atoms with Gasteiger partial charge in [0.05, 0.1) is 11.4 Å². The van der Waals surface area contributed by atoms with Crippen molar-refractivity contribution in [3.05, 3.63) is 65.7 Å². The zero-order valence-corrected chi connectivity index (χ0v) is 20.2. The van der Waals surface area contributed by atoms with Gasteiger partial charge in [0.25, 0.3) is 0 Å². The quantitative estimate of drug-likeness (QED) is 0.592. The molecule has 0 unspecified atom stereocenters. The maximum Gasteiger partial charge on any atom is 0.243 e. The first-order valence-electron chi connectivity index (χ1n) is 10.7. The van der Waals surface area contributed by atoms with Crippen molar-refractivity contribution in [2.24, 2.45) is 0 Å². The van der Waals surface area contributed by atoms with Crippen LogP contribution >= 0.6 is 0 Å². The summed E-state index contributed by atoms with van der Waals surface area (Å²) in [5.74, 6) is -0.716. The van der Waals surface area contributed by atoms with Crippen molar-refractivity contribution in [2.75, 3.05) is 13.6 Å². The Kier molecular flexibility index (Phi) is 8.98. The van der Waals surface area contributed by atoms with Crippen LogP contribution in [0.25, 0.3) is 0 Å². The first-order valence-corrected chi connectivity index (χ1v) is 12.2. The fourth-order valence-electron chi connectivity index (χ4n) is 3.08. The van der Waals surface area contributed by atoms with Gasteiger partial charge in [-0.2, -0.15) is 4.31 Å². The van der Waals surface area contributed by atoms with Gasteiger partial charge in [0.15, 0.2) is 0 Å². The van der Waals surface area contributed by atoms with Gasteiger partial charge in [0, 0.05) is 19.6 Å². The zero-order valence-electron chi connectivity index (χ0n) is 19.4. The molecule has 32 heavy (non-hydrogen) atoms. The molecule has 0 heterocycles. The summed E-state index contributed by atoms with van der Waals surface area (Å²) >= 11 is 0. The molecule has 0 aliphatic carbocycles. The summed E-state index contributed by atoms with van der Waals surface area (Å²) in [6.07, 6.45) is 0.766. The van der Waals surface area contributed by atoms with Crippen LogP contribution in [0.3, 0.4) is 0 Å². The van der Waals surface area contributed by atoms with Crippen LogP contribution in [0.15, 0.2) is 59.5 Å². The molecule has 0 aromatic heterocycles. The third-order valence-corrected chi connectivity index (χ3v) is 7.27. The smallest absolute Gasteiger partial charge is 0.243 e. The molecule has 174 valence electrons. The highest BCUT2D eigenvalue weighted by molar-refractivity contribution is 7.89. The van der Waals surface area contributed by atoms with Crippen molar-refractivity contribution in [3.63, 3.8) is 0 Å². The molecular formula is C24H33N3O4S. The molecule has 0 aliphatic rings. The summed E-state index contributed by atoms with van der Waals surface area (Å²) in [5, 5.41) is 2.90. The van der Waals surface area contributed by atoms with Crippen molar-refractivity contribution in [1.82, 2.24) is 14.5 Å². The van der Waals surface area contributed by atoms with E-state index in [-0.39, 0.29) is 29.9 Å². The lowest BCUT2D eigenvalue weighted by Gasteiger charge is -2.31. The predicted molar refractivity (Wildman–Crippen MR) is 125 cm³/mol. The molecule has 2 rings (SSSR count). The predicted octanol–water partition coefficient (Wildman–Crippen LogP) is 2.95. The lowest BCUT2D eigenvalue weighted by atomic mass is 10.1. The van der Waals surface area contributed by atoms with Crippen LogP contribution < -0.4 is 5.32 Å². The number of nitrogens with one attached hydrogen (secondary N) is 1. The third kappa shape index (κ3) is 6.64. The average molecular weight is 460 g/mol. The molecule has 0 spiro atoms. The lowest BCUT2D eigenvalue weighted by Crippen LogP contribution is -2.51. The lowest BCUT2D eigenvalue weighted by molar-refractivity contribution is -0.140. The van der Waals surface area contributed by atoms with Gasteiger partial charge in [-0.05, 0) is 44.9 Å². The molecule has 0 saturated heterocycles. The molecule has 2 atom stereocenters. The highest BCUT2D eigenvalue weighted by Crippen LogP contribution is 2.16. The molecule has 2 amide bonds. The molecule has 0 fully saturated rings. The molecule has 7 nitrogen and oxygen atoms in total. The second-order valence-electron chi connectivity index (χ2n) is 8.08. The number of amides is 2. The number of hydrogen-bond donors (Lipinski definition) is 1. The maximum absolute atomic E-state index is 13.2. The third-order valence-electron chi connectivity index (χ3n) is 5.45. The molecular weight excluding hydrogens is 426 g/mol. The van der Waals surface area contributed by atoms with Crippen LogP contribution in [-0.2, 0) is 26.2 Å². The Morgan fingerprint density at radius 1 is 1.00 bits per heavy atom. The second kappa shape index (κ2) is 11.2.